The Balaban J connectivity index is 2.01. The van der Waals surface area contributed by atoms with Crippen molar-refractivity contribution in [1.29, 1.82) is 0 Å². The number of allylic oxidation sites excluding steroid dienone is 5. The number of hydrogen-bond acceptors (Lipinski definition) is 0. The van der Waals surface area contributed by atoms with E-state index in [2.05, 4.69) is 123 Å². The summed E-state index contributed by atoms with van der Waals surface area (Å²) in [6.07, 6.45) is 9.04. The smallest absolute Gasteiger partial charge is 0.0380 e. The van der Waals surface area contributed by atoms with Crippen LogP contribution in [0.1, 0.15) is 30.6 Å². The van der Waals surface area contributed by atoms with Gasteiger partial charge in [0.2, 0.25) is 0 Å². The van der Waals surface area contributed by atoms with E-state index in [4.69, 9.17) is 0 Å². The van der Waals surface area contributed by atoms with Crippen molar-refractivity contribution < 1.29 is 0 Å². The summed E-state index contributed by atoms with van der Waals surface area (Å²) in [5.74, 6) is 0. The maximum absolute atomic E-state index is 2.31. The maximum atomic E-state index is 2.31. The second-order valence-corrected chi connectivity index (χ2v) is 9.33. The quantitative estimate of drug-likeness (QED) is 0.438. The number of hydrogen-bond donors (Lipinski definition) is 0. The summed E-state index contributed by atoms with van der Waals surface area (Å²) >= 11 is 0. The molecule has 0 saturated carbocycles. The third-order valence-electron chi connectivity index (χ3n) is 5.23. The molecule has 0 spiro atoms. The molecule has 0 aliphatic heterocycles. The lowest BCUT2D eigenvalue weighted by molar-refractivity contribution is 1.12. The van der Waals surface area contributed by atoms with Gasteiger partial charge in [-0.25, -0.2) is 0 Å². The van der Waals surface area contributed by atoms with Gasteiger partial charge in [-0.3, -0.25) is 0 Å². The first-order valence-electron chi connectivity index (χ1n) is 9.79. The molecule has 0 fully saturated rings. The van der Waals surface area contributed by atoms with Crippen molar-refractivity contribution in [1.82, 2.24) is 0 Å². The van der Waals surface area contributed by atoms with Crippen LogP contribution < -0.4 is 10.6 Å². The van der Waals surface area contributed by atoms with Crippen molar-refractivity contribution >= 4 is 24.6 Å². The van der Waals surface area contributed by atoms with E-state index < -0.39 is 7.92 Å². The minimum atomic E-state index is -0.599. The van der Waals surface area contributed by atoms with Gasteiger partial charge in [0.15, 0.2) is 0 Å². The Morgan fingerprint density at radius 3 is 1.89 bits per heavy atom. The topological polar surface area (TPSA) is 0 Å². The summed E-state index contributed by atoms with van der Waals surface area (Å²) in [6.45, 7) is 4.36. The number of fused-ring (bicyclic) bond motifs is 1. The molecule has 0 amide bonds. The summed E-state index contributed by atoms with van der Waals surface area (Å²) in [5.41, 5.74) is 5.83. The first-order chi connectivity index (χ1) is 13.8. The van der Waals surface area contributed by atoms with E-state index in [9.17, 15) is 0 Å². The Kier molecular flexibility index (Phi) is 5.70. The normalized spacial score (nSPS) is 16.5. The molecule has 1 heteroatoms. The van der Waals surface area contributed by atoms with Gasteiger partial charge in [-0.2, -0.15) is 0 Å². The molecular weight excluding hydrogens is 355 g/mol. The zero-order valence-electron chi connectivity index (χ0n) is 16.4. The second kappa shape index (κ2) is 8.55. The van der Waals surface area contributed by atoms with Crippen molar-refractivity contribution in [2.24, 2.45) is 0 Å². The van der Waals surface area contributed by atoms with Crippen molar-refractivity contribution in [3.63, 3.8) is 0 Å². The van der Waals surface area contributed by atoms with Gasteiger partial charge in [-0.1, -0.05) is 109 Å². The van der Waals surface area contributed by atoms with Crippen LogP contribution in [0.4, 0.5) is 0 Å². The molecule has 1 atom stereocenters. The van der Waals surface area contributed by atoms with E-state index in [1.165, 1.54) is 32.9 Å². The molecule has 0 aromatic heterocycles. The Morgan fingerprint density at radius 1 is 0.714 bits per heavy atom. The molecule has 0 radical (unpaired) electrons. The minimum absolute atomic E-state index is 0.321. The van der Waals surface area contributed by atoms with Crippen LogP contribution >= 0.6 is 7.92 Å². The fourth-order valence-corrected chi connectivity index (χ4v) is 6.87. The minimum Gasteiger partial charge on any atom is -0.0873 e. The first kappa shape index (κ1) is 18.7. The van der Waals surface area contributed by atoms with Crippen LogP contribution in [0.3, 0.4) is 0 Å². The average Bonchev–Trinajstić information content (AvgIpc) is 2.88. The standard InChI is InChI=1S/C27H25P/c1-3-12-25-21(2)19-20-22-13-10-11-18-26(22)27(25)28(23-14-6-4-7-15-23)24-16-8-5-9-17-24/h3-20,27H,1-2H3/b12-3-. The van der Waals surface area contributed by atoms with Crippen LogP contribution in [0, 0.1) is 0 Å². The Labute approximate surface area is 169 Å². The van der Waals surface area contributed by atoms with Gasteiger partial charge in [0.1, 0.15) is 0 Å². The average molecular weight is 380 g/mol. The zero-order valence-corrected chi connectivity index (χ0v) is 17.3. The largest absolute Gasteiger partial charge is 0.0873 e. The molecule has 0 bridgehead atoms. The van der Waals surface area contributed by atoms with Gasteiger partial charge in [0.25, 0.3) is 0 Å². The molecule has 4 rings (SSSR count). The summed E-state index contributed by atoms with van der Waals surface area (Å²) in [5, 5.41) is 2.83. The molecule has 0 nitrogen and oxygen atoms in total. The van der Waals surface area contributed by atoms with E-state index in [1.807, 2.05) is 0 Å². The van der Waals surface area contributed by atoms with Gasteiger partial charge in [0, 0.05) is 5.66 Å². The molecule has 1 aliphatic rings. The molecule has 28 heavy (non-hydrogen) atoms. The first-order valence-corrected chi connectivity index (χ1v) is 11.2. The van der Waals surface area contributed by atoms with Crippen LogP contribution in [0.25, 0.3) is 6.08 Å². The molecule has 1 aliphatic carbocycles. The van der Waals surface area contributed by atoms with Crippen LogP contribution in [0.15, 0.2) is 114 Å². The predicted octanol–water partition coefficient (Wildman–Crippen LogP) is 6.78. The van der Waals surface area contributed by atoms with Crippen molar-refractivity contribution in [3.05, 3.63) is 125 Å². The molecule has 3 aromatic carbocycles. The summed E-state index contributed by atoms with van der Waals surface area (Å²) in [6, 6.07) is 30.9. The van der Waals surface area contributed by atoms with Crippen molar-refractivity contribution in [2.75, 3.05) is 0 Å². The third kappa shape index (κ3) is 3.66. The Hall–Kier alpha value is -2.69. The molecule has 1 unspecified atom stereocenters. The third-order valence-corrected chi connectivity index (χ3v) is 8.01. The predicted molar refractivity (Wildman–Crippen MR) is 125 cm³/mol. The van der Waals surface area contributed by atoms with E-state index in [1.54, 1.807) is 0 Å². The Bertz CT molecular complexity index is 987. The van der Waals surface area contributed by atoms with Gasteiger partial charge in [-0.05, 0) is 54.7 Å². The van der Waals surface area contributed by atoms with Gasteiger partial charge in [-0.15, -0.1) is 0 Å². The second-order valence-electron chi connectivity index (χ2n) is 7.04. The zero-order chi connectivity index (χ0) is 19.3. The molecular formula is C27H25P. The van der Waals surface area contributed by atoms with Crippen molar-refractivity contribution in [3.8, 4) is 0 Å². The fourth-order valence-electron chi connectivity index (χ4n) is 3.91. The molecule has 3 aromatic rings. The van der Waals surface area contributed by atoms with Gasteiger partial charge in [0.05, 0.1) is 0 Å². The molecule has 138 valence electrons. The fraction of sp³-hybridized carbons (Fsp3) is 0.111. The van der Waals surface area contributed by atoms with Crippen LogP contribution in [-0.2, 0) is 0 Å². The maximum Gasteiger partial charge on any atom is 0.0380 e. The lowest BCUT2D eigenvalue weighted by Gasteiger charge is -2.31. The summed E-state index contributed by atoms with van der Waals surface area (Å²) < 4.78 is 0. The van der Waals surface area contributed by atoms with Gasteiger partial charge >= 0.3 is 0 Å². The van der Waals surface area contributed by atoms with E-state index >= 15 is 0 Å². The highest BCUT2D eigenvalue weighted by molar-refractivity contribution is 7.73. The lowest BCUT2D eigenvalue weighted by atomic mass is 9.99. The van der Waals surface area contributed by atoms with Crippen LogP contribution in [0.5, 0.6) is 0 Å². The van der Waals surface area contributed by atoms with Crippen LogP contribution in [-0.4, -0.2) is 0 Å². The van der Waals surface area contributed by atoms with Gasteiger partial charge < -0.3 is 0 Å². The monoisotopic (exact) mass is 380 g/mol. The van der Waals surface area contributed by atoms with E-state index in [0.29, 0.717) is 5.66 Å². The molecule has 0 heterocycles. The lowest BCUT2D eigenvalue weighted by Crippen LogP contribution is -2.19. The van der Waals surface area contributed by atoms with E-state index in [0.717, 1.165) is 0 Å². The number of benzene rings is 3. The summed E-state index contributed by atoms with van der Waals surface area (Å²) in [4.78, 5) is 0. The highest BCUT2D eigenvalue weighted by atomic mass is 31.1. The SMILES string of the molecule is C/C=C\C1=C(C)C=Cc2ccccc2C1P(c1ccccc1)c1ccccc1. The number of rotatable bonds is 4. The van der Waals surface area contributed by atoms with Crippen LogP contribution in [0.2, 0.25) is 0 Å². The highest BCUT2D eigenvalue weighted by Gasteiger charge is 2.31. The van der Waals surface area contributed by atoms with E-state index in [-0.39, 0.29) is 0 Å². The van der Waals surface area contributed by atoms with Crippen molar-refractivity contribution in [2.45, 2.75) is 19.5 Å². The Morgan fingerprint density at radius 2 is 1.29 bits per heavy atom. The summed E-state index contributed by atoms with van der Waals surface area (Å²) in [7, 11) is -0.599. The molecule has 0 N–H and O–H groups in total. The molecule has 0 saturated heterocycles. The highest BCUT2D eigenvalue weighted by Crippen LogP contribution is 2.56.